The Kier molecular flexibility index (Phi) is 9.22. The van der Waals surface area contributed by atoms with Gasteiger partial charge in [0.15, 0.2) is 0 Å². The standard InChI is InChI=1S/C15H21BrN2O3/c1-5-6-12(16)8-7-11(4)17-15(21)18-13(14(19)20)9-10(2)3/h1,7-8,10,13H,6,9H2,2-4H3,(H,19,20)(H2,17,18,21)/b11-7+,12-8+/t13-/m0/s1. The number of rotatable bonds is 7. The molecule has 0 spiro atoms. The van der Waals surface area contributed by atoms with Gasteiger partial charge < -0.3 is 15.7 Å². The van der Waals surface area contributed by atoms with Crippen molar-refractivity contribution in [3.63, 3.8) is 0 Å². The fourth-order valence-corrected chi connectivity index (χ4v) is 1.77. The van der Waals surface area contributed by atoms with Crippen LogP contribution >= 0.6 is 15.9 Å². The molecular formula is C15H21BrN2O3. The highest BCUT2D eigenvalue weighted by molar-refractivity contribution is 9.11. The van der Waals surface area contributed by atoms with E-state index in [1.807, 2.05) is 13.8 Å². The predicted molar refractivity (Wildman–Crippen MR) is 86.8 cm³/mol. The summed E-state index contributed by atoms with van der Waals surface area (Å²) in [5.74, 6) is 1.61. The lowest BCUT2D eigenvalue weighted by Gasteiger charge is -2.17. The molecule has 0 bridgehead atoms. The van der Waals surface area contributed by atoms with Crippen molar-refractivity contribution in [1.82, 2.24) is 10.6 Å². The average molecular weight is 357 g/mol. The Bertz CT molecular complexity index is 476. The third-order valence-corrected chi connectivity index (χ3v) is 2.95. The van der Waals surface area contributed by atoms with E-state index < -0.39 is 18.0 Å². The molecule has 0 aromatic rings. The van der Waals surface area contributed by atoms with Crippen LogP contribution in [0.4, 0.5) is 4.79 Å². The van der Waals surface area contributed by atoms with Crippen LogP contribution in [0.2, 0.25) is 0 Å². The molecule has 21 heavy (non-hydrogen) atoms. The largest absolute Gasteiger partial charge is 0.480 e. The number of carbonyl (C=O) groups is 2. The molecule has 0 heterocycles. The van der Waals surface area contributed by atoms with E-state index in [0.29, 0.717) is 18.5 Å². The summed E-state index contributed by atoms with van der Waals surface area (Å²) in [6.07, 6.45) is 9.41. The van der Waals surface area contributed by atoms with Crippen LogP contribution in [0.15, 0.2) is 22.3 Å². The molecule has 1 atom stereocenters. The van der Waals surface area contributed by atoms with E-state index in [-0.39, 0.29) is 5.92 Å². The highest BCUT2D eigenvalue weighted by Gasteiger charge is 2.20. The molecule has 0 saturated carbocycles. The van der Waals surface area contributed by atoms with Crippen LogP contribution in [-0.4, -0.2) is 23.1 Å². The Hall–Kier alpha value is -1.74. The Morgan fingerprint density at radius 3 is 2.48 bits per heavy atom. The van der Waals surface area contributed by atoms with Crippen molar-refractivity contribution >= 4 is 27.9 Å². The number of aliphatic carboxylic acids is 1. The van der Waals surface area contributed by atoms with Crippen molar-refractivity contribution in [2.45, 2.75) is 39.7 Å². The molecule has 5 nitrogen and oxygen atoms in total. The minimum absolute atomic E-state index is 0.172. The summed E-state index contributed by atoms with van der Waals surface area (Å²) in [6.45, 7) is 5.49. The monoisotopic (exact) mass is 356 g/mol. The first-order valence-corrected chi connectivity index (χ1v) is 7.32. The molecule has 0 aliphatic carbocycles. The lowest BCUT2D eigenvalue weighted by atomic mass is 10.0. The fraction of sp³-hybridized carbons (Fsp3) is 0.467. The van der Waals surface area contributed by atoms with Crippen LogP contribution in [0.25, 0.3) is 0 Å². The van der Waals surface area contributed by atoms with Crippen molar-refractivity contribution in [3.05, 3.63) is 22.3 Å². The Morgan fingerprint density at radius 2 is 2.00 bits per heavy atom. The number of allylic oxidation sites excluding steroid dienone is 4. The van der Waals surface area contributed by atoms with Gasteiger partial charge in [0, 0.05) is 16.6 Å². The number of carbonyl (C=O) groups excluding carboxylic acids is 1. The minimum atomic E-state index is -1.04. The summed E-state index contributed by atoms with van der Waals surface area (Å²) < 4.78 is 0.815. The zero-order valence-electron chi connectivity index (χ0n) is 12.4. The normalized spacial score (nSPS) is 13.5. The van der Waals surface area contributed by atoms with Gasteiger partial charge in [-0.3, -0.25) is 0 Å². The second-order valence-corrected chi connectivity index (χ2v) is 5.98. The molecule has 0 aromatic carbocycles. The maximum atomic E-state index is 11.7. The van der Waals surface area contributed by atoms with Crippen molar-refractivity contribution < 1.29 is 14.7 Å². The number of amides is 2. The molecule has 0 fully saturated rings. The van der Waals surface area contributed by atoms with Gasteiger partial charge in [0.1, 0.15) is 6.04 Å². The van der Waals surface area contributed by atoms with Gasteiger partial charge in [0.05, 0.1) is 0 Å². The van der Waals surface area contributed by atoms with Gasteiger partial charge >= 0.3 is 12.0 Å². The molecule has 2 amide bonds. The van der Waals surface area contributed by atoms with Gasteiger partial charge in [-0.25, -0.2) is 9.59 Å². The lowest BCUT2D eigenvalue weighted by Crippen LogP contribution is -2.46. The Morgan fingerprint density at radius 1 is 1.38 bits per heavy atom. The van der Waals surface area contributed by atoms with Crippen LogP contribution in [0, 0.1) is 18.3 Å². The van der Waals surface area contributed by atoms with Gasteiger partial charge in [-0.1, -0.05) is 29.8 Å². The molecule has 0 unspecified atom stereocenters. The van der Waals surface area contributed by atoms with E-state index in [1.54, 1.807) is 19.1 Å². The quantitative estimate of drug-likeness (QED) is 0.484. The van der Waals surface area contributed by atoms with Crippen molar-refractivity contribution in [2.24, 2.45) is 5.92 Å². The molecule has 6 heteroatoms. The zero-order chi connectivity index (χ0) is 16.4. The van der Waals surface area contributed by atoms with E-state index in [9.17, 15) is 9.59 Å². The molecule has 0 aliphatic rings. The van der Waals surface area contributed by atoms with E-state index in [2.05, 4.69) is 32.5 Å². The van der Waals surface area contributed by atoms with Crippen LogP contribution in [0.3, 0.4) is 0 Å². The minimum Gasteiger partial charge on any atom is -0.480 e. The van der Waals surface area contributed by atoms with Gasteiger partial charge in [-0.15, -0.1) is 12.3 Å². The maximum absolute atomic E-state index is 11.7. The molecule has 116 valence electrons. The first-order chi connectivity index (χ1) is 9.76. The molecule has 0 rings (SSSR count). The molecular weight excluding hydrogens is 336 g/mol. The molecule has 0 radical (unpaired) electrons. The Labute approximate surface area is 134 Å². The van der Waals surface area contributed by atoms with E-state index in [0.717, 1.165) is 4.48 Å². The van der Waals surface area contributed by atoms with Gasteiger partial charge in [-0.05, 0) is 31.4 Å². The summed E-state index contributed by atoms with van der Waals surface area (Å²) in [5, 5.41) is 14.1. The summed E-state index contributed by atoms with van der Waals surface area (Å²) >= 11 is 3.29. The highest BCUT2D eigenvalue weighted by Crippen LogP contribution is 2.09. The summed E-state index contributed by atoms with van der Waals surface area (Å²) in [4.78, 5) is 22.8. The second kappa shape index (κ2) is 10.1. The van der Waals surface area contributed by atoms with Gasteiger partial charge in [-0.2, -0.15) is 0 Å². The summed E-state index contributed by atoms with van der Waals surface area (Å²) in [7, 11) is 0. The highest BCUT2D eigenvalue weighted by atomic mass is 79.9. The average Bonchev–Trinajstić information content (AvgIpc) is 2.35. The fourth-order valence-electron chi connectivity index (χ4n) is 1.48. The number of halogens is 1. The van der Waals surface area contributed by atoms with Crippen LogP contribution in [0.1, 0.15) is 33.6 Å². The zero-order valence-corrected chi connectivity index (χ0v) is 14.0. The molecule has 0 aliphatic heterocycles. The van der Waals surface area contributed by atoms with Crippen molar-refractivity contribution in [1.29, 1.82) is 0 Å². The van der Waals surface area contributed by atoms with E-state index >= 15 is 0 Å². The van der Waals surface area contributed by atoms with Crippen molar-refractivity contribution in [3.8, 4) is 12.3 Å². The number of nitrogens with one attached hydrogen (secondary N) is 2. The van der Waals surface area contributed by atoms with Crippen LogP contribution in [-0.2, 0) is 4.79 Å². The van der Waals surface area contributed by atoms with E-state index in [4.69, 9.17) is 11.5 Å². The number of carboxylic acids is 1. The summed E-state index contributed by atoms with van der Waals surface area (Å²) in [6, 6.07) is -1.44. The molecule has 0 saturated heterocycles. The first-order valence-electron chi connectivity index (χ1n) is 6.53. The number of urea groups is 1. The maximum Gasteiger partial charge on any atom is 0.326 e. The van der Waals surface area contributed by atoms with E-state index in [1.165, 1.54) is 0 Å². The van der Waals surface area contributed by atoms with Crippen LogP contribution in [0.5, 0.6) is 0 Å². The lowest BCUT2D eigenvalue weighted by molar-refractivity contribution is -0.139. The number of carboxylic acid groups (broad SMARTS) is 1. The third kappa shape index (κ3) is 9.74. The van der Waals surface area contributed by atoms with Crippen LogP contribution < -0.4 is 10.6 Å². The predicted octanol–water partition coefficient (Wildman–Crippen LogP) is 2.99. The summed E-state index contributed by atoms with van der Waals surface area (Å²) in [5.41, 5.74) is 0.579. The third-order valence-electron chi connectivity index (χ3n) is 2.41. The van der Waals surface area contributed by atoms with Crippen molar-refractivity contribution in [2.75, 3.05) is 0 Å². The number of terminal acetylenes is 1. The smallest absolute Gasteiger partial charge is 0.326 e. The first kappa shape index (κ1) is 19.3. The SMILES string of the molecule is C#CC/C(Br)=C\C=C(/C)NC(=O)N[C@@H](CC(C)C)C(=O)O. The van der Waals surface area contributed by atoms with Gasteiger partial charge in [0.25, 0.3) is 0 Å². The molecule has 0 aromatic heterocycles. The molecule has 3 N–H and O–H groups in total. The Balaban J connectivity index is 4.54. The number of hydrogen-bond acceptors (Lipinski definition) is 2. The topological polar surface area (TPSA) is 78.4 Å². The number of hydrogen-bond donors (Lipinski definition) is 3. The second-order valence-electron chi connectivity index (χ2n) is 4.96. The van der Waals surface area contributed by atoms with Gasteiger partial charge in [0.2, 0.25) is 0 Å².